The summed E-state index contributed by atoms with van der Waals surface area (Å²) in [6.07, 6.45) is -0.698. The van der Waals surface area contributed by atoms with E-state index in [9.17, 15) is 9.18 Å². The third kappa shape index (κ3) is 3.94. The first-order valence-corrected chi connectivity index (χ1v) is 7.31. The molecule has 2 aromatic carbocycles. The van der Waals surface area contributed by atoms with Crippen molar-refractivity contribution in [1.82, 2.24) is 0 Å². The van der Waals surface area contributed by atoms with Crippen molar-refractivity contribution in [2.75, 3.05) is 5.32 Å². The zero-order chi connectivity index (χ0) is 14.7. The number of hydrogen-bond acceptors (Lipinski definition) is 2. The molecule has 0 fully saturated rings. The minimum absolute atomic E-state index is 0.0763. The van der Waals surface area contributed by atoms with E-state index in [4.69, 9.17) is 16.3 Å². The topological polar surface area (TPSA) is 38.3 Å². The molecule has 0 aromatic heterocycles. The van der Waals surface area contributed by atoms with Crippen LogP contribution in [0.2, 0.25) is 5.02 Å². The van der Waals surface area contributed by atoms with Gasteiger partial charge in [-0.15, -0.1) is 0 Å². The summed E-state index contributed by atoms with van der Waals surface area (Å²) < 4.78 is 19.6. The van der Waals surface area contributed by atoms with Gasteiger partial charge in [0.1, 0.15) is 11.6 Å². The molecule has 0 heterocycles. The highest BCUT2D eigenvalue weighted by Crippen LogP contribution is 2.28. The van der Waals surface area contributed by atoms with Gasteiger partial charge < -0.3 is 4.74 Å². The maximum Gasteiger partial charge on any atom is 0.417 e. The Labute approximate surface area is 136 Å². The predicted octanol–water partition coefficient (Wildman–Crippen LogP) is 5.62. The van der Waals surface area contributed by atoms with Crippen LogP contribution in [0.5, 0.6) is 5.75 Å². The van der Waals surface area contributed by atoms with E-state index in [1.807, 2.05) is 0 Å². The molecule has 0 bridgehead atoms. The van der Waals surface area contributed by atoms with Crippen molar-refractivity contribution in [3.63, 3.8) is 0 Å². The third-order valence-corrected chi connectivity index (χ3v) is 3.67. The molecule has 0 saturated heterocycles. The van der Waals surface area contributed by atoms with E-state index in [0.29, 0.717) is 15.9 Å². The average molecular weight is 423 g/mol. The van der Waals surface area contributed by atoms with Crippen molar-refractivity contribution < 1.29 is 13.9 Å². The van der Waals surface area contributed by atoms with Gasteiger partial charge in [-0.1, -0.05) is 27.5 Å². The zero-order valence-electron chi connectivity index (χ0n) is 9.79. The van der Waals surface area contributed by atoms with E-state index < -0.39 is 11.9 Å². The highest BCUT2D eigenvalue weighted by molar-refractivity contribution is 9.11. The number of benzene rings is 2. The molecule has 0 radical (unpaired) electrons. The third-order valence-electron chi connectivity index (χ3n) is 2.26. The summed E-state index contributed by atoms with van der Waals surface area (Å²) >= 11 is 12.2. The van der Waals surface area contributed by atoms with E-state index >= 15 is 0 Å². The lowest BCUT2D eigenvalue weighted by Gasteiger charge is -2.08. The molecule has 2 aromatic rings. The van der Waals surface area contributed by atoms with E-state index in [1.165, 1.54) is 12.1 Å². The molecule has 104 valence electrons. The van der Waals surface area contributed by atoms with E-state index in [1.54, 1.807) is 18.2 Å². The van der Waals surface area contributed by atoms with E-state index in [2.05, 4.69) is 37.2 Å². The molecule has 3 nitrogen and oxygen atoms in total. The quantitative estimate of drug-likeness (QED) is 0.681. The smallest absolute Gasteiger partial charge is 0.409 e. The number of hydrogen-bond donors (Lipinski definition) is 1. The minimum Gasteiger partial charge on any atom is -0.409 e. The number of amides is 1. The maximum absolute atomic E-state index is 13.0. The Morgan fingerprint density at radius 3 is 2.60 bits per heavy atom. The van der Waals surface area contributed by atoms with Gasteiger partial charge in [-0.05, 0) is 52.3 Å². The summed E-state index contributed by atoms with van der Waals surface area (Å²) in [5.41, 5.74) is 0.342. The monoisotopic (exact) mass is 421 g/mol. The lowest BCUT2D eigenvalue weighted by molar-refractivity contribution is 0.215. The maximum atomic E-state index is 13.0. The van der Waals surface area contributed by atoms with Crippen LogP contribution in [0.15, 0.2) is 45.3 Å². The fourth-order valence-corrected chi connectivity index (χ4v) is 2.68. The SMILES string of the molecule is O=C(Nc1ccc(F)c(Cl)c1)Oc1ccc(Br)cc1Br. The summed E-state index contributed by atoms with van der Waals surface area (Å²) in [4.78, 5) is 11.7. The Balaban J connectivity index is 2.07. The fourth-order valence-electron chi connectivity index (χ4n) is 1.38. The molecule has 0 aliphatic carbocycles. The molecule has 0 saturated carbocycles. The average Bonchev–Trinajstić information content (AvgIpc) is 2.37. The first-order chi connectivity index (χ1) is 9.45. The van der Waals surface area contributed by atoms with Crippen molar-refractivity contribution in [3.05, 3.63) is 56.2 Å². The van der Waals surface area contributed by atoms with Gasteiger partial charge in [-0.3, -0.25) is 5.32 Å². The van der Waals surface area contributed by atoms with Gasteiger partial charge in [0.15, 0.2) is 0 Å². The van der Waals surface area contributed by atoms with Crippen molar-refractivity contribution in [2.24, 2.45) is 0 Å². The number of anilines is 1. The van der Waals surface area contributed by atoms with Crippen LogP contribution in [-0.2, 0) is 0 Å². The predicted molar refractivity (Wildman–Crippen MR) is 82.9 cm³/mol. The van der Waals surface area contributed by atoms with Gasteiger partial charge in [-0.2, -0.15) is 0 Å². The summed E-state index contributed by atoms with van der Waals surface area (Å²) in [5, 5.41) is 2.38. The largest absolute Gasteiger partial charge is 0.417 e. The Hall–Kier alpha value is -1.11. The molecule has 0 atom stereocenters. The number of nitrogens with one attached hydrogen (secondary N) is 1. The first kappa shape index (κ1) is 15.3. The van der Waals surface area contributed by atoms with Crippen LogP contribution >= 0.6 is 43.5 Å². The van der Waals surface area contributed by atoms with Gasteiger partial charge >= 0.3 is 6.09 Å². The first-order valence-electron chi connectivity index (χ1n) is 5.34. The Morgan fingerprint density at radius 2 is 1.95 bits per heavy atom. The highest BCUT2D eigenvalue weighted by atomic mass is 79.9. The summed E-state index contributed by atoms with van der Waals surface area (Å²) in [6, 6.07) is 8.96. The van der Waals surface area contributed by atoms with E-state index in [0.717, 1.165) is 10.5 Å². The summed E-state index contributed by atoms with van der Waals surface area (Å²) in [5.74, 6) is -0.194. The van der Waals surface area contributed by atoms with Crippen molar-refractivity contribution in [2.45, 2.75) is 0 Å². The number of ether oxygens (including phenoxy) is 1. The van der Waals surface area contributed by atoms with Crippen LogP contribution < -0.4 is 10.1 Å². The molecule has 0 aliphatic rings. The summed E-state index contributed by atoms with van der Waals surface area (Å²) in [6.45, 7) is 0. The van der Waals surface area contributed by atoms with Gasteiger partial charge in [0.05, 0.1) is 9.50 Å². The second kappa shape index (κ2) is 6.56. The van der Waals surface area contributed by atoms with Crippen LogP contribution in [-0.4, -0.2) is 6.09 Å². The molecule has 7 heteroatoms. The Bertz CT molecular complexity index is 667. The molecular formula is C13H7Br2ClFNO2. The fraction of sp³-hybridized carbons (Fsp3) is 0. The van der Waals surface area contributed by atoms with Crippen LogP contribution in [0, 0.1) is 5.82 Å². The number of carbonyl (C=O) groups excluding carboxylic acids is 1. The van der Waals surface area contributed by atoms with Gasteiger partial charge in [0.2, 0.25) is 0 Å². The molecule has 0 spiro atoms. The minimum atomic E-state index is -0.698. The summed E-state index contributed by atoms with van der Waals surface area (Å²) in [7, 11) is 0. The second-order valence-corrected chi connectivity index (χ2v) is 5.90. The lowest BCUT2D eigenvalue weighted by atomic mass is 10.3. The Morgan fingerprint density at radius 1 is 1.20 bits per heavy atom. The highest BCUT2D eigenvalue weighted by Gasteiger charge is 2.09. The van der Waals surface area contributed by atoms with Crippen LogP contribution in [0.1, 0.15) is 0 Å². The normalized spacial score (nSPS) is 10.2. The van der Waals surface area contributed by atoms with Crippen molar-refractivity contribution in [1.29, 1.82) is 0 Å². The molecule has 0 aliphatic heterocycles. The second-order valence-electron chi connectivity index (χ2n) is 3.72. The molecule has 20 heavy (non-hydrogen) atoms. The molecular weight excluding hydrogens is 416 g/mol. The molecule has 0 unspecified atom stereocenters. The van der Waals surface area contributed by atoms with Crippen LogP contribution in [0.25, 0.3) is 0 Å². The van der Waals surface area contributed by atoms with Gasteiger partial charge in [-0.25, -0.2) is 9.18 Å². The van der Waals surface area contributed by atoms with Crippen LogP contribution in [0.3, 0.4) is 0 Å². The Kier molecular flexibility index (Phi) is 5.01. The van der Waals surface area contributed by atoms with Crippen molar-refractivity contribution in [3.8, 4) is 5.75 Å². The van der Waals surface area contributed by atoms with Crippen LogP contribution in [0.4, 0.5) is 14.9 Å². The van der Waals surface area contributed by atoms with E-state index in [-0.39, 0.29) is 5.02 Å². The molecule has 2 rings (SSSR count). The number of carbonyl (C=O) groups is 1. The molecule has 1 N–H and O–H groups in total. The van der Waals surface area contributed by atoms with Gasteiger partial charge in [0.25, 0.3) is 0 Å². The number of halogens is 4. The van der Waals surface area contributed by atoms with Gasteiger partial charge in [0, 0.05) is 10.2 Å². The zero-order valence-corrected chi connectivity index (χ0v) is 13.7. The standard InChI is InChI=1S/C13H7Br2ClFNO2/c14-7-1-4-12(9(15)5-7)20-13(19)18-8-2-3-11(17)10(16)6-8/h1-6H,(H,18,19). The molecule has 1 amide bonds. The van der Waals surface area contributed by atoms with Crippen molar-refractivity contribution >= 4 is 55.2 Å². The number of rotatable bonds is 2. The lowest BCUT2D eigenvalue weighted by Crippen LogP contribution is -2.17.